The van der Waals surface area contributed by atoms with Gasteiger partial charge < -0.3 is 14.8 Å². The summed E-state index contributed by atoms with van der Waals surface area (Å²) in [5.41, 5.74) is 4.61. The van der Waals surface area contributed by atoms with Crippen molar-refractivity contribution in [3.8, 4) is 11.3 Å². The highest BCUT2D eigenvalue weighted by molar-refractivity contribution is 5.93. The Kier molecular flexibility index (Phi) is 4.99. The number of carbonyl (C=O) groups excluding carboxylic acids is 1. The molecule has 0 saturated heterocycles. The zero-order chi connectivity index (χ0) is 20.4. The standard InChI is InChI=1S/C23H21N3O3/c1-14-10-15(2)18-12-17(22(27)25-19(18)11-14)8-9-24-23(28)20-13-21(29-26-20)16-6-4-3-5-7-16/h3-7,10-13H,8-9H2,1-2H3,(H,24,28)(H,25,27). The highest BCUT2D eigenvalue weighted by Gasteiger charge is 2.14. The minimum atomic E-state index is -0.333. The van der Waals surface area contributed by atoms with Crippen LogP contribution >= 0.6 is 0 Å². The highest BCUT2D eigenvalue weighted by Crippen LogP contribution is 2.20. The number of pyridine rings is 1. The molecule has 2 heterocycles. The quantitative estimate of drug-likeness (QED) is 0.546. The van der Waals surface area contributed by atoms with Gasteiger partial charge in [0.1, 0.15) is 0 Å². The number of benzene rings is 2. The molecule has 1 amide bonds. The highest BCUT2D eigenvalue weighted by atomic mass is 16.5. The molecular formula is C23H21N3O3. The minimum absolute atomic E-state index is 0.135. The molecule has 0 aliphatic rings. The van der Waals surface area contributed by atoms with Gasteiger partial charge in [-0.15, -0.1) is 0 Å². The first kappa shape index (κ1) is 18.7. The number of hydrogen-bond donors (Lipinski definition) is 2. The number of H-pyrrole nitrogens is 1. The molecular weight excluding hydrogens is 366 g/mol. The van der Waals surface area contributed by atoms with Crippen LogP contribution in [0.4, 0.5) is 0 Å². The lowest BCUT2D eigenvalue weighted by atomic mass is 10.0. The summed E-state index contributed by atoms with van der Waals surface area (Å²) < 4.78 is 5.26. The minimum Gasteiger partial charge on any atom is -0.355 e. The van der Waals surface area contributed by atoms with Gasteiger partial charge in [0.2, 0.25) is 0 Å². The Bertz CT molecular complexity index is 1240. The van der Waals surface area contributed by atoms with Gasteiger partial charge in [0.15, 0.2) is 11.5 Å². The maximum Gasteiger partial charge on any atom is 0.273 e. The lowest BCUT2D eigenvalue weighted by Gasteiger charge is -2.08. The summed E-state index contributed by atoms with van der Waals surface area (Å²) in [5, 5.41) is 7.65. The summed E-state index contributed by atoms with van der Waals surface area (Å²) in [6.07, 6.45) is 0.424. The molecule has 29 heavy (non-hydrogen) atoms. The molecule has 0 saturated carbocycles. The van der Waals surface area contributed by atoms with E-state index < -0.39 is 0 Å². The van der Waals surface area contributed by atoms with E-state index >= 15 is 0 Å². The number of amides is 1. The summed E-state index contributed by atoms with van der Waals surface area (Å²) in [6.45, 7) is 4.35. The predicted molar refractivity (Wildman–Crippen MR) is 112 cm³/mol. The molecule has 4 rings (SSSR count). The SMILES string of the molecule is Cc1cc(C)c2cc(CCNC(=O)c3cc(-c4ccccc4)on3)c(=O)[nH]c2c1. The first-order valence-electron chi connectivity index (χ1n) is 9.45. The maximum absolute atomic E-state index is 12.4. The number of nitrogens with zero attached hydrogens (tertiary/aromatic N) is 1. The molecule has 0 spiro atoms. The average molecular weight is 387 g/mol. The van der Waals surface area contributed by atoms with E-state index in [1.165, 1.54) is 0 Å². The van der Waals surface area contributed by atoms with Crippen molar-refractivity contribution in [2.75, 3.05) is 6.54 Å². The third-order valence-electron chi connectivity index (χ3n) is 4.87. The van der Waals surface area contributed by atoms with Crippen molar-refractivity contribution in [1.82, 2.24) is 15.5 Å². The summed E-state index contributed by atoms with van der Waals surface area (Å²) in [7, 11) is 0. The number of aryl methyl sites for hydroxylation is 2. The Morgan fingerprint density at radius 3 is 2.69 bits per heavy atom. The zero-order valence-electron chi connectivity index (χ0n) is 16.3. The first-order chi connectivity index (χ1) is 14.0. The van der Waals surface area contributed by atoms with E-state index in [9.17, 15) is 9.59 Å². The summed E-state index contributed by atoms with van der Waals surface area (Å²) in [4.78, 5) is 27.7. The van der Waals surface area contributed by atoms with Crippen LogP contribution in [0.3, 0.4) is 0 Å². The smallest absolute Gasteiger partial charge is 0.273 e. The third kappa shape index (κ3) is 3.96. The molecule has 0 radical (unpaired) electrons. The molecule has 6 nitrogen and oxygen atoms in total. The first-order valence-corrected chi connectivity index (χ1v) is 9.45. The van der Waals surface area contributed by atoms with Gasteiger partial charge in [0.25, 0.3) is 11.5 Å². The second-order valence-electron chi connectivity index (χ2n) is 7.12. The number of fused-ring (bicyclic) bond motifs is 1. The van der Waals surface area contributed by atoms with Gasteiger partial charge in [-0.3, -0.25) is 9.59 Å². The molecule has 0 aliphatic carbocycles. The van der Waals surface area contributed by atoms with E-state index in [0.717, 1.165) is 27.6 Å². The number of aromatic nitrogens is 2. The monoisotopic (exact) mass is 387 g/mol. The molecule has 0 fully saturated rings. The topological polar surface area (TPSA) is 88.0 Å². The third-order valence-corrected chi connectivity index (χ3v) is 4.87. The molecule has 4 aromatic rings. The van der Waals surface area contributed by atoms with E-state index in [0.29, 0.717) is 24.3 Å². The van der Waals surface area contributed by atoms with Gasteiger partial charge in [-0.1, -0.05) is 41.6 Å². The van der Waals surface area contributed by atoms with Crippen LogP contribution in [-0.2, 0) is 6.42 Å². The van der Waals surface area contributed by atoms with Crippen LogP contribution in [0.1, 0.15) is 27.2 Å². The van der Waals surface area contributed by atoms with Crippen molar-refractivity contribution in [3.63, 3.8) is 0 Å². The average Bonchev–Trinajstić information content (AvgIpc) is 3.19. The number of nitrogens with one attached hydrogen (secondary N) is 2. The number of rotatable bonds is 5. The molecule has 0 atom stereocenters. The van der Waals surface area contributed by atoms with E-state index in [1.807, 2.05) is 56.3 Å². The molecule has 2 aromatic carbocycles. The van der Waals surface area contributed by atoms with Gasteiger partial charge in [0, 0.05) is 34.6 Å². The second kappa shape index (κ2) is 7.75. The van der Waals surface area contributed by atoms with Crippen LogP contribution in [0.25, 0.3) is 22.2 Å². The maximum atomic E-state index is 12.4. The lowest BCUT2D eigenvalue weighted by molar-refractivity contribution is 0.0945. The fourth-order valence-corrected chi connectivity index (χ4v) is 3.42. The Morgan fingerprint density at radius 1 is 1.10 bits per heavy atom. The molecule has 0 bridgehead atoms. The molecule has 2 aromatic heterocycles. The predicted octanol–water partition coefficient (Wildman–Crippen LogP) is 3.77. The van der Waals surface area contributed by atoms with E-state index in [1.54, 1.807) is 6.07 Å². The lowest BCUT2D eigenvalue weighted by Crippen LogP contribution is -2.27. The fourth-order valence-electron chi connectivity index (χ4n) is 3.42. The Labute approximate surface area is 167 Å². The van der Waals surface area contributed by atoms with E-state index in [2.05, 4.69) is 21.5 Å². The molecule has 146 valence electrons. The second-order valence-corrected chi connectivity index (χ2v) is 7.12. The molecule has 2 N–H and O–H groups in total. The van der Waals surface area contributed by atoms with Crippen LogP contribution in [0.5, 0.6) is 0 Å². The Hall–Kier alpha value is -3.67. The van der Waals surface area contributed by atoms with Crippen LogP contribution in [0, 0.1) is 13.8 Å². The van der Waals surface area contributed by atoms with Crippen molar-refractivity contribution >= 4 is 16.8 Å². The fraction of sp³-hybridized carbons (Fsp3) is 0.174. The van der Waals surface area contributed by atoms with Crippen LogP contribution in [0.2, 0.25) is 0 Å². The molecule has 6 heteroatoms. The van der Waals surface area contributed by atoms with Crippen LogP contribution < -0.4 is 10.9 Å². The molecule has 0 unspecified atom stereocenters. The van der Waals surface area contributed by atoms with Gasteiger partial charge in [-0.05, 0) is 43.5 Å². The Balaban J connectivity index is 1.44. The van der Waals surface area contributed by atoms with E-state index in [4.69, 9.17) is 4.52 Å². The van der Waals surface area contributed by atoms with Gasteiger partial charge >= 0.3 is 0 Å². The van der Waals surface area contributed by atoms with Crippen LogP contribution in [-0.4, -0.2) is 22.6 Å². The van der Waals surface area contributed by atoms with E-state index in [-0.39, 0.29) is 17.2 Å². The number of hydrogen-bond acceptors (Lipinski definition) is 4. The summed E-state index contributed by atoms with van der Waals surface area (Å²) >= 11 is 0. The van der Waals surface area contributed by atoms with Crippen molar-refractivity contribution in [2.45, 2.75) is 20.3 Å². The van der Waals surface area contributed by atoms with Gasteiger partial charge in [-0.2, -0.15) is 0 Å². The van der Waals surface area contributed by atoms with Gasteiger partial charge in [-0.25, -0.2) is 0 Å². The van der Waals surface area contributed by atoms with Crippen molar-refractivity contribution in [2.24, 2.45) is 0 Å². The largest absolute Gasteiger partial charge is 0.355 e. The zero-order valence-corrected chi connectivity index (χ0v) is 16.3. The Morgan fingerprint density at radius 2 is 1.90 bits per heavy atom. The summed E-state index contributed by atoms with van der Waals surface area (Å²) in [6, 6.07) is 17.0. The van der Waals surface area contributed by atoms with Crippen molar-refractivity contribution < 1.29 is 9.32 Å². The number of carbonyl (C=O) groups is 1. The van der Waals surface area contributed by atoms with Crippen molar-refractivity contribution in [1.29, 1.82) is 0 Å². The van der Waals surface area contributed by atoms with Crippen LogP contribution in [0.15, 0.2) is 63.9 Å². The normalized spacial score (nSPS) is 11.0. The van der Waals surface area contributed by atoms with Gasteiger partial charge in [0.05, 0.1) is 0 Å². The molecule has 0 aliphatic heterocycles. The van der Waals surface area contributed by atoms with Crippen molar-refractivity contribution in [3.05, 3.63) is 87.3 Å². The summed E-state index contributed by atoms with van der Waals surface area (Å²) in [5.74, 6) is 0.201. The number of aromatic amines is 1.